The Balaban J connectivity index is 1.63. The zero-order valence-corrected chi connectivity index (χ0v) is 23.1. The number of carbonyl (C=O) groups is 1. The average Bonchev–Trinajstić information content (AvgIpc) is 3.66. The highest BCUT2D eigenvalue weighted by Crippen LogP contribution is 2.38. The molecular formula is C28H31F3N6O4. The van der Waals surface area contributed by atoms with Crippen molar-refractivity contribution in [3.63, 3.8) is 0 Å². The molecule has 10 nitrogen and oxygen atoms in total. The lowest BCUT2D eigenvalue weighted by Crippen LogP contribution is -2.41. The number of fused-ring (bicyclic) bond motifs is 1. The van der Waals surface area contributed by atoms with E-state index in [9.17, 15) is 27.6 Å². The molecule has 1 saturated carbocycles. The average molecular weight is 573 g/mol. The molecule has 3 heterocycles. The smallest absolute Gasteiger partial charge is 0.333 e. The van der Waals surface area contributed by atoms with Gasteiger partial charge in [-0.25, -0.2) is 14.6 Å². The molecule has 1 fully saturated rings. The quantitative estimate of drug-likeness (QED) is 0.313. The maximum Gasteiger partial charge on any atom is 0.416 e. The first-order valence-corrected chi connectivity index (χ1v) is 13.6. The van der Waals surface area contributed by atoms with Crippen molar-refractivity contribution in [1.82, 2.24) is 28.6 Å². The number of alkyl halides is 3. The summed E-state index contributed by atoms with van der Waals surface area (Å²) in [5.41, 5.74) is -1.88. The van der Waals surface area contributed by atoms with E-state index in [0.29, 0.717) is 30.4 Å². The minimum absolute atomic E-state index is 0.0327. The summed E-state index contributed by atoms with van der Waals surface area (Å²) in [7, 11) is 0. The second-order valence-electron chi connectivity index (χ2n) is 10.7. The fourth-order valence-electron chi connectivity index (χ4n) is 5.34. The van der Waals surface area contributed by atoms with Crippen molar-refractivity contribution in [3.05, 3.63) is 68.6 Å². The number of aryl methyl sites for hydroxylation is 1. The number of aromatic nitrogens is 6. The SMILES string of the molecule is CCCn1c(=O)c2c(nc(-c3cnn(Cc4cccc(C(F)(F)F)c4)c3)n2OC(=O)C2(C)CCCC2)n(CC)c1=O. The Hall–Kier alpha value is -4.16. The van der Waals surface area contributed by atoms with Crippen LogP contribution in [-0.2, 0) is 30.6 Å². The van der Waals surface area contributed by atoms with Gasteiger partial charge in [-0.2, -0.15) is 18.3 Å². The van der Waals surface area contributed by atoms with Gasteiger partial charge in [-0.05, 0) is 50.8 Å². The molecule has 13 heteroatoms. The molecule has 0 saturated heterocycles. The Morgan fingerprint density at radius 1 is 1.12 bits per heavy atom. The number of benzene rings is 1. The first-order chi connectivity index (χ1) is 19.5. The molecule has 0 amide bonds. The summed E-state index contributed by atoms with van der Waals surface area (Å²) in [6.45, 7) is 5.84. The zero-order chi connectivity index (χ0) is 29.5. The minimum Gasteiger partial charge on any atom is -0.333 e. The number of hydrogen-bond donors (Lipinski definition) is 0. The Kier molecular flexibility index (Phi) is 7.39. The molecule has 1 aromatic carbocycles. The Bertz CT molecular complexity index is 1720. The summed E-state index contributed by atoms with van der Waals surface area (Å²) < 4.78 is 44.6. The third kappa shape index (κ3) is 5.20. The molecule has 5 rings (SSSR count). The highest BCUT2D eigenvalue weighted by molar-refractivity contribution is 5.81. The lowest BCUT2D eigenvalue weighted by molar-refractivity contribution is -0.154. The highest BCUT2D eigenvalue weighted by atomic mass is 19.4. The number of hydrogen-bond acceptors (Lipinski definition) is 6. The van der Waals surface area contributed by atoms with E-state index in [1.807, 2.05) is 13.8 Å². The fourth-order valence-corrected chi connectivity index (χ4v) is 5.34. The lowest BCUT2D eigenvalue weighted by atomic mass is 9.89. The molecule has 0 aliphatic heterocycles. The Morgan fingerprint density at radius 3 is 2.51 bits per heavy atom. The van der Waals surface area contributed by atoms with Crippen LogP contribution in [-0.4, -0.2) is 34.6 Å². The largest absolute Gasteiger partial charge is 0.416 e. The van der Waals surface area contributed by atoms with Crippen molar-refractivity contribution in [2.75, 3.05) is 0 Å². The van der Waals surface area contributed by atoms with Crippen molar-refractivity contribution in [2.45, 2.75) is 78.7 Å². The van der Waals surface area contributed by atoms with E-state index in [1.165, 1.54) is 21.5 Å². The second kappa shape index (κ2) is 10.7. The van der Waals surface area contributed by atoms with E-state index < -0.39 is 34.4 Å². The predicted octanol–water partition coefficient (Wildman–Crippen LogP) is 4.26. The Morgan fingerprint density at radius 2 is 1.85 bits per heavy atom. The van der Waals surface area contributed by atoms with Crippen LogP contribution in [0.25, 0.3) is 22.6 Å². The van der Waals surface area contributed by atoms with Gasteiger partial charge in [0.1, 0.15) is 0 Å². The summed E-state index contributed by atoms with van der Waals surface area (Å²) in [4.78, 5) is 50.6. The van der Waals surface area contributed by atoms with Gasteiger partial charge < -0.3 is 4.84 Å². The van der Waals surface area contributed by atoms with Crippen molar-refractivity contribution in [1.29, 1.82) is 0 Å². The normalized spacial score (nSPS) is 15.1. The maximum atomic E-state index is 13.6. The first kappa shape index (κ1) is 28.4. The van der Waals surface area contributed by atoms with E-state index in [4.69, 9.17) is 4.84 Å². The van der Waals surface area contributed by atoms with E-state index in [0.717, 1.165) is 34.3 Å². The number of halogens is 3. The molecule has 1 aliphatic carbocycles. The summed E-state index contributed by atoms with van der Waals surface area (Å²) in [6.07, 6.45) is 2.07. The van der Waals surface area contributed by atoms with Crippen LogP contribution in [0.2, 0.25) is 0 Å². The first-order valence-electron chi connectivity index (χ1n) is 13.6. The van der Waals surface area contributed by atoms with Crippen LogP contribution in [0.4, 0.5) is 13.2 Å². The van der Waals surface area contributed by atoms with Gasteiger partial charge in [0.15, 0.2) is 17.0 Å². The van der Waals surface area contributed by atoms with Crippen LogP contribution in [0.5, 0.6) is 0 Å². The molecule has 0 radical (unpaired) electrons. The third-order valence-corrected chi connectivity index (χ3v) is 7.61. The van der Waals surface area contributed by atoms with Crippen LogP contribution in [0.1, 0.15) is 64.0 Å². The summed E-state index contributed by atoms with van der Waals surface area (Å²) >= 11 is 0. The van der Waals surface area contributed by atoms with E-state index in [-0.39, 0.29) is 36.6 Å². The van der Waals surface area contributed by atoms with Gasteiger partial charge >= 0.3 is 17.8 Å². The van der Waals surface area contributed by atoms with Crippen molar-refractivity contribution < 1.29 is 22.8 Å². The molecule has 0 spiro atoms. The van der Waals surface area contributed by atoms with Crippen LogP contribution >= 0.6 is 0 Å². The monoisotopic (exact) mass is 572 g/mol. The predicted molar refractivity (Wildman–Crippen MR) is 144 cm³/mol. The van der Waals surface area contributed by atoms with Crippen LogP contribution < -0.4 is 16.1 Å². The molecule has 218 valence electrons. The van der Waals surface area contributed by atoms with Crippen molar-refractivity contribution >= 4 is 17.1 Å². The van der Waals surface area contributed by atoms with Gasteiger partial charge in [0.2, 0.25) is 0 Å². The van der Waals surface area contributed by atoms with Crippen LogP contribution in [0.3, 0.4) is 0 Å². The molecule has 41 heavy (non-hydrogen) atoms. The molecule has 3 aromatic heterocycles. The molecule has 4 aromatic rings. The number of carbonyl (C=O) groups excluding carboxylic acids is 1. The zero-order valence-electron chi connectivity index (χ0n) is 23.1. The molecule has 0 N–H and O–H groups in total. The van der Waals surface area contributed by atoms with Gasteiger partial charge in [0, 0.05) is 19.3 Å². The summed E-state index contributed by atoms with van der Waals surface area (Å²) in [5, 5.41) is 4.28. The van der Waals surface area contributed by atoms with Crippen LogP contribution in [0.15, 0.2) is 46.2 Å². The minimum atomic E-state index is -4.48. The van der Waals surface area contributed by atoms with Gasteiger partial charge in [0.25, 0.3) is 5.56 Å². The Labute approximate surface area is 232 Å². The van der Waals surface area contributed by atoms with Gasteiger partial charge in [-0.15, -0.1) is 4.73 Å². The molecular weight excluding hydrogens is 541 g/mol. The summed E-state index contributed by atoms with van der Waals surface area (Å²) in [5.74, 6) is -0.430. The molecule has 0 atom stereocenters. The highest BCUT2D eigenvalue weighted by Gasteiger charge is 2.39. The van der Waals surface area contributed by atoms with Gasteiger partial charge in [-0.3, -0.25) is 18.6 Å². The molecule has 0 unspecified atom stereocenters. The number of imidazole rings is 1. The summed E-state index contributed by atoms with van der Waals surface area (Å²) in [6, 6.07) is 4.94. The second-order valence-corrected chi connectivity index (χ2v) is 10.7. The van der Waals surface area contributed by atoms with Crippen LogP contribution in [0, 0.1) is 5.41 Å². The topological polar surface area (TPSA) is 106 Å². The third-order valence-electron chi connectivity index (χ3n) is 7.61. The fraction of sp³-hybridized carbons (Fsp3) is 0.464. The molecule has 1 aliphatic rings. The van der Waals surface area contributed by atoms with Gasteiger partial charge in [0.05, 0.1) is 29.3 Å². The van der Waals surface area contributed by atoms with E-state index in [1.54, 1.807) is 19.2 Å². The van der Waals surface area contributed by atoms with E-state index >= 15 is 0 Å². The number of rotatable bonds is 8. The lowest BCUT2D eigenvalue weighted by Gasteiger charge is -2.21. The molecule has 0 bridgehead atoms. The van der Waals surface area contributed by atoms with Crippen molar-refractivity contribution in [2.24, 2.45) is 5.41 Å². The number of nitrogens with zero attached hydrogens (tertiary/aromatic N) is 6. The van der Waals surface area contributed by atoms with Gasteiger partial charge in [-0.1, -0.05) is 31.9 Å². The van der Waals surface area contributed by atoms with Crippen molar-refractivity contribution in [3.8, 4) is 11.4 Å². The standard InChI is InChI=1S/C28H31F3N6O4/c1-4-13-36-24(38)21-23(35(5-2)26(36)40)33-22(37(21)41-25(39)27(3)11-6-7-12-27)19-15-32-34(17-19)16-18-9-8-10-20(14-18)28(29,30)31/h8-10,14-15,17H,4-7,11-13,16H2,1-3H3. The van der Waals surface area contributed by atoms with E-state index in [2.05, 4.69) is 10.1 Å². The maximum absolute atomic E-state index is 13.6.